The monoisotopic (exact) mass is 249 g/mol. The van der Waals surface area contributed by atoms with Crippen LogP contribution in [0.15, 0.2) is 17.1 Å². The van der Waals surface area contributed by atoms with Gasteiger partial charge in [0.05, 0.1) is 0 Å². The summed E-state index contributed by atoms with van der Waals surface area (Å²) in [6.45, 7) is 2.72. The highest BCUT2D eigenvalue weighted by Crippen LogP contribution is 2.05. The Morgan fingerprint density at radius 3 is 2.67 bits per heavy atom. The molecule has 1 aromatic heterocycles. The number of piperazine rings is 1. The minimum Gasteiger partial charge on any atom is -0.364 e. The van der Waals surface area contributed by atoms with Gasteiger partial charge in [-0.15, -0.1) is 0 Å². The van der Waals surface area contributed by atoms with Crippen molar-refractivity contribution >= 4 is 11.8 Å². The summed E-state index contributed by atoms with van der Waals surface area (Å²) in [5.41, 5.74) is 0.464. The second-order valence-electron chi connectivity index (χ2n) is 4.44. The SMILES string of the molecule is Cc1cc(=O)c(C(=O)N2CCN(C)C(=O)C2)c[nH]1. The summed E-state index contributed by atoms with van der Waals surface area (Å²) in [6, 6.07) is 1.38. The summed E-state index contributed by atoms with van der Waals surface area (Å²) in [7, 11) is 1.70. The van der Waals surface area contributed by atoms with Gasteiger partial charge in [-0.25, -0.2) is 0 Å². The highest BCUT2D eigenvalue weighted by atomic mass is 16.2. The van der Waals surface area contributed by atoms with Crippen molar-refractivity contribution in [2.24, 2.45) is 0 Å². The molecule has 1 N–H and O–H groups in total. The Bertz CT molecular complexity index is 550. The third-order valence-electron chi connectivity index (χ3n) is 3.03. The third kappa shape index (κ3) is 2.27. The summed E-state index contributed by atoms with van der Waals surface area (Å²) in [5, 5.41) is 0. The molecule has 0 unspecified atom stereocenters. The maximum atomic E-state index is 12.1. The zero-order chi connectivity index (χ0) is 13.3. The number of amides is 2. The number of rotatable bonds is 1. The van der Waals surface area contributed by atoms with E-state index in [0.717, 1.165) is 0 Å². The van der Waals surface area contributed by atoms with Gasteiger partial charge < -0.3 is 14.8 Å². The number of aromatic amines is 1. The molecule has 2 rings (SSSR count). The summed E-state index contributed by atoms with van der Waals surface area (Å²) >= 11 is 0. The third-order valence-corrected chi connectivity index (χ3v) is 3.03. The summed E-state index contributed by atoms with van der Waals surface area (Å²) in [5.74, 6) is -0.504. The zero-order valence-corrected chi connectivity index (χ0v) is 10.4. The van der Waals surface area contributed by atoms with Crippen LogP contribution in [0.4, 0.5) is 0 Å². The van der Waals surface area contributed by atoms with E-state index in [1.807, 2.05) is 0 Å². The predicted molar refractivity (Wildman–Crippen MR) is 65.3 cm³/mol. The van der Waals surface area contributed by atoms with Gasteiger partial charge in [-0.3, -0.25) is 14.4 Å². The van der Waals surface area contributed by atoms with E-state index in [2.05, 4.69) is 4.98 Å². The quantitative estimate of drug-likeness (QED) is 0.736. The first-order valence-corrected chi connectivity index (χ1v) is 5.71. The number of H-pyrrole nitrogens is 1. The number of aryl methyl sites for hydroxylation is 1. The number of nitrogens with zero attached hydrogens (tertiary/aromatic N) is 2. The van der Waals surface area contributed by atoms with Crippen LogP contribution in [0.3, 0.4) is 0 Å². The number of pyridine rings is 1. The van der Waals surface area contributed by atoms with E-state index in [-0.39, 0.29) is 23.4 Å². The molecular weight excluding hydrogens is 234 g/mol. The van der Waals surface area contributed by atoms with Crippen molar-refractivity contribution in [3.8, 4) is 0 Å². The van der Waals surface area contributed by atoms with Gasteiger partial charge in [0.15, 0.2) is 5.43 Å². The van der Waals surface area contributed by atoms with Crippen LogP contribution in [0, 0.1) is 6.92 Å². The van der Waals surface area contributed by atoms with Crippen LogP contribution < -0.4 is 5.43 Å². The highest BCUT2D eigenvalue weighted by Gasteiger charge is 2.26. The minimum atomic E-state index is -0.391. The van der Waals surface area contributed by atoms with E-state index in [1.165, 1.54) is 17.2 Å². The van der Waals surface area contributed by atoms with Crippen LogP contribution in [0.5, 0.6) is 0 Å². The molecule has 0 aromatic carbocycles. The lowest BCUT2D eigenvalue weighted by Gasteiger charge is -2.31. The molecule has 6 nitrogen and oxygen atoms in total. The van der Waals surface area contributed by atoms with E-state index < -0.39 is 5.91 Å². The molecule has 1 aromatic rings. The second kappa shape index (κ2) is 4.64. The van der Waals surface area contributed by atoms with E-state index in [1.54, 1.807) is 18.9 Å². The Morgan fingerprint density at radius 1 is 1.33 bits per heavy atom. The maximum absolute atomic E-state index is 12.1. The van der Waals surface area contributed by atoms with Gasteiger partial charge in [-0.1, -0.05) is 0 Å². The molecule has 1 aliphatic rings. The number of hydrogen-bond acceptors (Lipinski definition) is 3. The molecule has 2 heterocycles. The average Bonchev–Trinajstić information content (AvgIpc) is 2.32. The van der Waals surface area contributed by atoms with Gasteiger partial charge >= 0.3 is 0 Å². The van der Waals surface area contributed by atoms with Gasteiger partial charge in [0.2, 0.25) is 5.91 Å². The first-order valence-electron chi connectivity index (χ1n) is 5.71. The van der Waals surface area contributed by atoms with Crippen LogP contribution in [-0.2, 0) is 4.79 Å². The number of likely N-dealkylation sites (N-methyl/N-ethyl adjacent to an activating group) is 1. The van der Waals surface area contributed by atoms with Crippen molar-refractivity contribution in [2.75, 3.05) is 26.7 Å². The van der Waals surface area contributed by atoms with Crippen molar-refractivity contribution in [1.82, 2.24) is 14.8 Å². The maximum Gasteiger partial charge on any atom is 0.259 e. The Hall–Kier alpha value is -2.11. The van der Waals surface area contributed by atoms with Gasteiger partial charge in [0.1, 0.15) is 12.1 Å². The number of aromatic nitrogens is 1. The molecule has 1 saturated heterocycles. The minimum absolute atomic E-state index is 0.0304. The molecule has 1 aliphatic heterocycles. The van der Waals surface area contributed by atoms with Crippen LogP contribution in [0.1, 0.15) is 16.1 Å². The fraction of sp³-hybridized carbons (Fsp3) is 0.417. The molecule has 0 saturated carbocycles. The Morgan fingerprint density at radius 2 is 2.06 bits per heavy atom. The molecule has 18 heavy (non-hydrogen) atoms. The standard InChI is InChI=1S/C12H15N3O3/c1-8-5-10(16)9(6-13-8)12(18)15-4-3-14(2)11(17)7-15/h5-6H,3-4,7H2,1-2H3,(H,13,16). The molecule has 96 valence electrons. The number of hydrogen-bond donors (Lipinski definition) is 1. The van der Waals surface area contributed by atoms with E-state index in [9.17, 15) is 14.4 Å². The van der Waals surface area contributed by atoms with E-state index >= 15 is 0 Å². The summed E-state index contributed by atoms with van der Waals surface area (Å²) < 4.78 is 0. The molecular formula is C12H15N3O3. The van der Waals surface area contributed by atoms with Crippen molar-refractivity contribution in [3.05, 3.63) is 33.7 Å². The van der Waals surface area contributed by atoms with Gasteiger partial charge in [-0.2, -0.15) is 0 Å². The van der Waals surface area contributed by atoms with Crippen molar-refractivity contribution in [1.29, 1.82) is 0 Å². The molecule has 2 amide bonds. The molecule has 0 aliphatic carbocycles. The fourth-order valence-electron chi connectivity index (χ4n) is 1.84. The summed E-state index contributed by atoms with van der Waals surface area (Å²) in [4.78, 5) is 41.2. The average molecular weight is 249 g/mol. The van der Waals surface area contributed by atoms with Crippen molar-refractivity contribution in [2.45, 2.75) is 6.92 Å². The molecule has 0 spiro atoms. The molecule has 1 fully saturated rings. The normalized spacial score (nSPS) is 16.0. The van der Waals surface area contributed by atoms with Crippen molar-refractivity contribution in [3.63, 3.8) is 0 Å². The van der Waals surface area contributed by atoms with E-state index in [4.69, 9.17) is 0 Å². The smallest absolute Gasteiger partial charge is 0.259 e. The largest absolute Gasteiger partial charge is 0.364 e. The molecule has 6 heteroatoms. The fourth-order valence-corrected chi connectivity index (χ4v) is 1.84. The van der Waals surface area contributed by atoms with Crippen LogP contribution >= 0.6 is 0 Å². The van der Waals surface area contributed by atoms with Crippen LogP contribution in [-0.4, -0.2) is 53.3 Å². The first-order chi connectivity index (χ1) is 8.49. The molecule has 0 atom stereocenters. The number of carbonyl (C=O) groups excluding carboxylic acids is 2. The lowest BCUT2D eigenvalue weighted by atomic mass is 10.2. The lowest BCUT2D eigenvalue weighted by Crippen LogP contribution is -2.51. The highest BCUT2D eigenvalue weighted by molar-refractivity contribution is 5.96. The topological polar surface area (TPSA) is 73.5 Å². The predicted octanol–water partition coefficient (Wildman–Crippen LogP) is -0.402. The van der Waals surface area contributed by atoms with Crippen LogP contribution in [0.2, 0.25) is 0 Å². The summed E-state index contributed by atoms with van der Waals surface area (Å²) in [6.07, 6.45) is 1.41. The number of carbonyl (C=O) groups is 2. The molecule has 0 bridgehead atoms. The van der Waals surface area contributed by atoms with E-state index in [0.29, 0.717) is 18.8 Å². The Balaban J connectivity index is 2.22. The van der Waals surface area contributed by atoms with Crippen molar-refractivity contribution < 1.29 is 9.59 Å². The molecule has 0 radical (unpaired) electrons. The number of nitrogens with one attached hydrogen (secondary N) is 1. The van der Waals surface area contributed by atoms with Gasteiger partial charge in [-0.05, 0) is 6.92 Å². The Labute approximate surface area is 104 Å². The van der Waals surface area contributed by atoms with Gasteiger partial charge in [0.25, 0.3) is 5.91 Å². The lowest BCUT2D eigenvalue weighted by molar-refractivity contribution is -0.133. The second-order valence-corrected chi connectivity index (χ2v) is 4.44. The zero-order valence-electron chi connectivity index (χ0n) is 10.4. The Kier molecular flexibility index (Phi) is 3.18. The van der Waals surface area contributed by atoms with Gasteiger partial charge in [0, 0.05) is 38.1 Å². The van der Waals surface area contributed by atoms with Crippen LogP contribution in [0.25, 0.3) is 0 Å². The first kappa shape index (κ1) is 12.3.